The minimum atomic E-state index is -0.633. The van der Waals surface area contributed by atoms with Gasteiger partial charge in [-0.1, -0.05) is 30.3 Å². The molecule has 3 rings (SSSR count). The summed E-state index contributed by atoms with van der Waals surface area (Å²) < 4.78 is 6.11. The lowest BCUT2D eigenvalue weighted by molar-refractivity contribution is 0.00533. The molecule has 2 heterocycles. The van der Waals surface area contributed by atoms with Gasteiger partial charge in [-0.15, -0.1) is 0 Å². The number of hydrogen-bond acceptors (Lipinski definition) is 5. The Morgan fingerprint density at radius 1 is 1.27 bits per heavy atom. The normalized spacial score (nSPS) is 23.6. The van der Waals surface area contributed by atoms with Gasteiger partial charge in [0.15, 0.2) is 5.96 Å². The molecule has 3 N–H and O–H groups in total. The Balaban J connectivity index is 1.27. The zero-order valence-electron chi connectivity index (χ0n) is 18.3. The molecule has 0 bridgehead atoms. The zero-order chi connectivity index (χ0) is 21.1. The van der Waals surface area contributed by atoms with Crippen LogP contribution in [0.5, 0.6) is 0 Å². The van der Waals surface area contributed by atoms with Crippen LogP contribution >= 0.6 is 11.8 Å². The van der Waals surface area contributed by atoms with Crippen LogP contribution in [0.2, 0.25) is 0 Å². The van der Waals surface area contributed by atoms with Crippen molar-refractivity contribution in [3.05, 3.63) is 35.9 Å². The van der Waals surface area contributed by atoms with Crippen LogP contribution in [0.15, 0.2) is 35.3 Å². The maximum absolute atomic E-state index is 10.5. The van der Waals surface area contributed by atoms with Crippen LogP contribution in [0.1, 0.15) is 38.2 Å². The number of likely N-dealkylation sites (tertiary alicyclic amines) is 1. The fourth-order valence-electron chi connectivity index (χ4n) is 3.89. The second kappa shape index (κ2) is 12.5. The SMILES string of the molecule is CCNC(=NCC1(O)CCSC1)NCCCOC1CCN(Cc2ccccc2)CC1. The topological polar surface area (TPSA) is 69.1 Å². The van der Waals surface area contributed by atoms with E-state index in [0.717, 1.165) is 82.5 Å². The van der Waals surface area contributed by atoms with Crippen molar-refractivity contribution >= 4 is 17.7 Å². The molecule has 0 saturated carbocycles. The predicted molar refractivity (Wildman–Crippen MR) is 126 cm³/mol. The molecule has 6 nitrogen and oxygen atoms in total. The number of piperidine rings is 1. The smallest absolute Gasteiger partial charge is 0.191 e. The number of benzene rings is 1. The highest BCUT2D eigenvalue weighted by atomic mass is 32.2. The molecule has 0 amide bonds. The third kappa shape index (κ3) is 8.10. The number of nitrogens with one attached hydrogen (secondary N) is 2. The minimum Gasteiger partial charge on any atom is -0.387 e. The number of thioether (sulfide) groups is 1. The fourth-order valence-corrected chi connectivity index (χ4v) is 5.18. The predicted octanol–water partition coefficient (Wildman–Crippen LogP) is 2.48. The molecular formula is C23H38N4O2S. The molecule has 1 aromatic carbocycles. The molecular weight excluding hydrogens is 396 g/mol. The molecule has 2 saturated heterocycles. The maximum atomic E-state index is 10.5. The Morgan fingerprint density at radius 2 is 2.07 bits per heavy atom. The van der Waals surface area contributed by atoms with E-state index in [1.807, 2.05) is 0 Å². The van der Waals surface area contributed by atoms with E-state index in [-0.39, 0.29) is 0 Å². The third-order valence-electron chi connectivity index (χ3n) is 5.71. The van der Waals surface area contributed by atoms with Gasteiger partial charge in [-0.25, -0.2) is 0 Å². The summed E-state index contributed by atoms with van der Waals surface area (Å²) in [5, 5.41) is 17.1. The molecule has 2 aliphatic rings. The van der Waals surface area contributed by atoms with Crippen LogP contribution in [0.25, 0.3) is 0 Å². The van der Waals surface area contributed by atoms with Gasteiger partial charge in [0.25, 0.3) is 0 Å². The standard InChI is InChI=1S/C23H38N4O2S/c1-2-24-22(26-18-23(28)11-16-30-19-23)25-12-6-15-29-21-9-13-27(14-10-21)17-20-7-4-3-5-8-20/h3-5,7-8,21,28H,2,6,9-19H2,1H3,(H2,24,25,26). The number of rotatable bonds is 10. The molecule has 168 valence electrons. The first kappa shape index (κ1) is 23.4. The van der Waals surface area contributed by atoms with Gasteiger partial charge in [0.05, 0.1) is 18.2 Å². The highest BCUT2D eigenvalue weighted by Gasteiger charge is 2.31. The lowest BCUT2D eigenvalue weighted by Crippen LogP contribution is -2.41. The van der Waals surface area contributed by atoms with E-state index in [2.05, 4.69) is 57.8 Å². The molecule has 0 spiro atoms. The van der Waals surface area contributed by atoms with E-state index in [4.69, 9.17) is 4.74 Å². The Labute approximate surface area is 185 Å². The van der Waals surface area contributed by atoms with Crippen LogP contribution in [0, 0.1) is 0 Å². The molecule has 2 fully saturated rings. The number of nitrogens with zero attached hydrogens (tertiary/aromatic N) is 2. The molecule has 0 aromatic heterocycles. The van der Waals surface area contributed by atoms with Crippen LogP contribution in [-0.4, -0.2) is 78.5 Å². The van der Waals surface area contributed by atoms with Crippen molar-refractivity contribution < 1.29 is 9.84 Å². The molecule has 0 aliphatic carbocycles. The van der Waals surface area contributed by atoms with E-state index in [1.165, 1.54) is 5.56 Å². The second-order valence-corrected chi connectivity index (χ2v) is 9.44. The first-order valence-corrected chi connectivity index (χ1v) is 12.5. The quantitative estimate of drug-likeness (QED) is 0.299. The van der Waals surface area contributed by atoms with E-state index in [0.29, 0.717) is 12.6 Å². The van der Waals surface area contributed by atoms with Gasteiger partial charge in [0.1, 0.15) is 0 Å². The lowest BCUT2D eigenvalue weighted by Gasteiger charge is -2.32. The number of guanidine groups is 1. The second-order valence-electron chi connectivity index (χ2n) is 8.33. The Morgan fingerprint density at radius 3 is 2.77 bits per heavy atom. The summed E-state index contributed by atoms with van der Waals surface area (Å²) >= 11 is 1.80. The lowest BCUT2D eigenvalue weighted by atomic mass is 10.1. The monoisotopic (exact) mass is 434 g/mol. The molecule has 1 unspecified atom stereocenters. The van der Waals surface area contributed by atoms with Crippen molar-refractivity contribution in [2.75, 3.05) is 50.8 Å². The number of hydrogen-bond donors (Lipinski definition) is 3. The third-order valence-corrected chi connectivity index (χ3v) is 6.94. The Hall–Kier alpha value is -1.28. The van der Waals surface area contributed by atoms with Crippen molar-refractivity contribution in [2.24, 2.45) is 4.99 Å². The van der Waals surface area contributed by atoms with Crippen LogP contribution in [0.3, 0.4) is 0 Å². The van der Waals surface area contributed by atoms with Crippen LogP contribution < -0.4 is 10.6 Å². The van der Waals surface area contributed by atoms with Crippen molar-refractivity contribution in [3.63, 3.8) is 0 Å². The van der Waals surface area contributed by atoms with E-state index >= 15 is 0 Å². The average Bonchev–Trinajstić information content (AvgIpc) is 3.20. The Bertz CT molecular complexity index is 629. The van der Waals surface area contributed by atoms with Gasteiger partial charge < -0.3 is 20.5 Å². The first-order chi connectivity index (χ1) is 14.7. The molecule has 2 aliphatic heterocycles. The van der Waals surface area contributed by atoms with Crippen molar-refractivity contribution in [3.8, 4) is 0 Å². The van der Waals surface area contributed by atoms with Gasteiger partial charge >= 0.3 is 0 Å². The minimum absolute atomic E-state index is 0.382. The largest absolute Gasteiger partial charge is 0.387 e. The number of aliphatic hydroxyl groups is 1. The summed E-state index contributed by atoms with van der Waals surface area (Å²) in [5.74, 6) is 2.60. The highest BCUT2D eigenvalue weighted by Crippen LogP contribution is 2.27. The number of aliphatic imine (C=N–C) groups is 1. The maximum Gasteiger partial charge on any atom is 0.191 e. The average molecular weight is 435 g/mol. The van der Waals surface area contributed by atoms with Gasteiger partial charge in [-0.3, -0.25) is 9.89 Å². The number of ether oxygens (including phenoxy) is 1. The van der Waals surface area contributed by atoms with Crippen LogP contribution in [-0.2, 0) is 11.3 Å². The van der Waals surface area contributed by atoms with E-state index in [1.54, 1.807) is 11.8 Å². The molecule has 1 atom stereocenters. The molecule has 1 aromatic rings. The summed E-state index contributed by atoms with van der Waals surface area (Å²) in [6.07, 6.45) is 4.39. The van der Waals surface area contributed by atoms with E-state index in [9.17, 15) is 5.11 Å². The van der Waals surface area contributed by atoms with Crippen LogP contribution in [0.4, 0.5) is 0 Å². The van der Waals surface area contributed by atoms with Gasteiger partial charge in [0.2, 0.25) is 0 Å². The van der Waals surface area contributed by atoms with Gasteiger partial charge in [-0.2, -0.15) is 11.8 Å². The summed E-state index contributed by atoms with van der Waals surface area (Å²) in [5.41, 5.74) is 0.755. The molecule has 7 heteroatoms. The molecule has 30 heavy (non-hydrogen) atoms. The van der Waals surface area contributed by atoms with Crippen molar-refractivity contribution in [1.29, 1.82) is 0 Å². The van der Waals surface area contributed by atoms with Gasteiger partial charge in [0, 0.05) is 45.1 Å². The Kier molecular flexibility index (Phi) is 9.78. The summed E-state index contributed by atoms with van der Waals surface area (Å²) in [6, 6.07) is 10.7. The fraction of sp³-hybridized carbons (Fsp3) is 0.696. The van der Waals surface area contributed by atoms with Crippen molar-refractivity contribution in [1.82, 2.24) is 15.5 Å². The van der Waals surface area contributed by atoms with Gasteiger partial charge in [-0.05, 0) is 43.9 Å². The summed E-state index contributed by atoms with van der Waals surface area (Å²) in [4.78, 5) is 7.10. The first-order valence-electron chi connectivity index (χ1n) is 11.4. The van der Waals surface area contributed by atoms with Crippen molar-refractivity contribution in [2.45, 2.75) is 50.9 Å². The zero-order valence-corrected chi connectivity index (χ0v) is 19.1. The van der Waals surface area contributed by atoms with E-state index < -0.39 is 5.60 Å². The summed E-state index contributed by atoms with van der Waals surface area (Å²) in [6.45, 7) is 8.20. The molecule has 0 radical (unpaired) electrons. The highest BCUT2D eigenvalue weighted by molar-refractivity contribution is 7.99. The summed E-state index contributed by atoms with van der Waals surface area (Å²) in [7, 11) is 0.